The quantitative estimate of drug-likeness (QED) is 0.751. The first-order chi connectivity index (χ1) is 7.29. The third kappa shape index (κ3) is 1.83. The Kier molecular flexibility index (Phi) is 2.41. The van der Waals surface area contributed by atoms with Crippen molar-refractivity contribution in [2.24, 2.45) is 0 Å². The van der Waals surface area contributed by atoms with E-state index in [0.717, 1.165) is 0 Å². The van der Waals surface area contributed by atoms with Gasteiger partial charge in [0.25, 0.3) is 0 Å². The number of hydrogen-bond donors (Lipinski definition) is 1. The maximum absolute atomic E-state index is 11.3. The van der Waals surface area contributed by atoms with Crippen molar-refractivity contribution >= 4 is 0 Å². The molecular weight excluding hydrogens is 192 g/mol. The molecule has 1 N–H and O–H groups in total. The first kappa shape index (κ1) is 9.33. The fourth-order valence-electron chi connectivity index (χ4n) is 1.26. The van der Waals surface area contributed by atoms with Crippen molar-refractivity contribution in [3.8, 4) is 16.9 Å². The molecule has 0 aliphatic heterocycles. The molecule has 0 spiro atoms. The Bertz CT molecular complexity index is 526. The Morgan fingerprint density at radius 2 is 1.73 bits per heavy atom. The second kappa shape index (κ2) is 3.88. The van der Waals surface area contributed by atoms with Crippen LogP contribution in [-0.2, 0) is 0 Å². The monoisotopic (exact) mass is 200 g/mol. The van der Waals surface area contributed by atoms with Crippen LogP contribution in [0.15, 0.2) is 47.8 Å². The van der Waals surface area contributed by atoms with Gasteiger partial charge in [-0.25, -0.2) is 9.97 Å². The highest BCUT2D eigenvalue weighted by Crippen LogP contribution is 2.23. The molecule has 4 nitrogen and oxygen atoms in total. The van der Waals surface area contributed by atoms with E-state index in [4.69, 9.17) is 0 Å². The van der Waals surface area contributed by atoms with Crippen LogP contribution in [0.2, 0.25) is 0 Å². The molecule has 0 amide bonds. The van der Waals surface area contributed by atoms with E-state index in [1.54, 1.807) is 30.6 Å². The van der Waals surface area contributed by atoms with E-state index < -0.39 is 5.43 Å². The number of hydrogen-bond acceptors (Lipinski definition) is 4. The summed E-state index contributed by atoms with van der Waals surface area (Å²) in [7, 11) is 0. The van der Waals surface area contributed by atoms with Crippen molar-refractivity contribution in [1.29, 1.82) is 0 Å². The predicted octanol–water partition coefficient (Wildman–Crippen LogP) is 1.21. The fourth-order valence-corrected chi connectivity index (χ4v) is 1.26. The molecule has 0 aliphatic rings. The minimum atomic E-state index is -0.418. The zero-order valence-electron chi connectivity index (χ0n) is 7.79. The summed E-state index contributed by atoms with van der Waals surface area (Å²) in [5.74, 6) is -0.283. The summed E-state index contributed by atoms with van der Waals surface area (Å²) < 4.78 is 0. The van der Waals surface area contributed by atoms with E-state index in [9.17, 15) is 9.90 Å². The molecule has 1 heterocycles. The summed E-state index contributed by atoms with van der Waals surface area (Å²) in [5.41, 5.74) is 0.632. The summed E-state index contributed by atoms with van der Waals surface area (Å²) >= 11 is 0. The Labute approximate surface area is 85.9 Å². The average molecular weight is 200 g/mol. The second-order valence-electron chi connectivity index (χ2n) is 2.97. The molecule has 0 fully saturated rings. The SMILES string of the molecule is O=c1ccccc(-c2cncnc2)c1O. The van der Waals surface area contributed by atoms with Crippen LogP contribution < -0.4 is 5.43 Å². The second-order valence-corrected chi connectivity index (χ2v) is 2.97. The molecule has 74 valence electrons. The summed E-state index contributed by atoms with van der Waals surface area (Å²) in [6, 6.07) is 6.22. The van der Waals surface area contributed by atoms with E-state index in [1.165, 1.54) is 12.4 Å². The molecule has 0 unspecified atom stereocenters. The van der Waals surface area contributed by atoms with Crippen molar-refractivity contribution in [1.82, 2.24) is 9.97 Å². The third-order valence-electron chi connectivity index (χ3n) is 1.98. The summed E-state index contributed by atoms with van der Waals surface area (Å²) in [6.45, 7) is 0. The predicted molar refractivity (Wildman–Crippen MR) is 55.4 cm³/mol. The first-order valence-electron chi connectivity index (χ1n) is 4.37. The van der Waals surface area contributed by atoms with Crippen LogP contribution in [0, 0.1) is 0 Å². The lowest BCUT2D eigenvalue weighted by atomic mass is 10.1. The van der Waals surface area contributed by atoms with Gasteiger partial charge in [-0.1, -0.05) is 18.2 Å². The van der Waals surface area contributed by atoms with Crippen LogP contribution in [0.3, 0.4) is 0 Å². The van der Waals surface area contributed by atoms with Gasteiger partial charge in [-0.3, -0.25) is 4.79 Å². The van der Waals surface area contributed by atoms with E-state index in [1.807, 2.05) is 0 Å². The van der Waals surface area contributed by atoms with Gasteiger partial charge in [0.15, 0.2) is 5.75 Å². The molecule has 1 aromatic heterocycles. The number of rotatable bonds is 1. The van der Waals surface area contributed by atoms with Crippen molar-refractivity contribution in [2.45, 2.75) is 0 Å². The van der Waals surface area contributed by atoms with Crippen LogP contribution in [0.4, 0.5) is 0 Å². The molecule has 1 aromatic carbocycles. The summed E-state index contributed by atoms with van der Waals surface area (Å²) in [6.07, 6.45) is 4.48. The van der Waals surface area contributed by atoms with E-state index in [0.29, 0.717) is 11.1 Å². The Balaban J connectivity index is 2.71. The number of nitrogens with zero attached hydrogens (tertiary/aromatic N) is 2. The molecule has 4 heteroatoms. The van der Waals surface area contributed by atoms with Gasteiger partial charge in [0.2, 0.25) is 5.43 Å². The van der Waals surface area contributed by atoms with Gasteiger partial charge in [0, 0.05) is 23.5 Å². The van der Waals surface area contributed by atoms with Gasteiger partial charge >= 0.3 is 0 Å². The Hall–Kier alpha value is -2.23. The zero-order valence-corrected chi connectivity index (χ0v) is 7.79. The molecular formula is C11H8N2O2. The van der Waals surface area contributed by atoms with Crippen LogP contribution in [-0.4, -0.2) is 15.1 Å². The Morgan fingerprint density at radius 1 is 1.07 bits per heavy atom. The minimum Gasteiger partial charge on any atom is -0.504 e. The van der Waals surface area contributed by atoms with Gasteiger partial charge in [-0.05, 0) is 6.07 Å². The van der Waals surface area contributed by atoms with Crippen molar-refractivity contribution in [2.75, 3.05) is 0 Å². The van der Waals surface area contributed by atoms with Crippen molar-refractivity contribution in [3.63, 3.8) is 0 Å². The maximum Gasteiger partial charge on any atom is 0.220 e. The van der Waals surface area contributed by atoms with Gasteiger partial charge in [-0.15, -0.1) is 0 Å². The fraction of sp³-hybridized carbons (Fsp3) is 0. The van der Waals surface area contributed by atoms with Gasteiger partial charge in [0.05, 0.1) is 0 Å². The lowest BCUT2D eigenvalue weighted by Gasteiger charge is -1.98. The average Bonchev–Trinajstić information content (AvgIpc) is 2.44. The van der Waals surface area contributed by atoms with E-state index in [-0.39, 0.29) is 5.75 Å². The lowest BCUT2D eigenvalue weighted by Crippen LogP contribution is -1.94. The standard InChI is InChI=1S/C11H8N2O2/c14-10-4-2-1-3-9(11(10)15)8-5-12-7-13-6-8/h1-7H,(H,14,15). The van der Waals surface area contributed by atoms with Gasteiger partial charge in [-0.2, -0.15) is 0 Å². The van der Waals surface area contributed by atoms with Crippen LogP contribution in [0.25, 0.3) is 11.1 Å². The van der Waals surface area contributed by atoms with Crippen LogP contribution >= 0.6 is 0 Å². The van der Waals surface area contributed by atoms with Crippen molar-refractivity contribution in [3.05, 3.63) is 53.2 Å². The normalized spacial score (nSPS) is 9.87. The molecule has 0 bridgehead atoms. The smallest absolute Gasteiger partial charge is 0.220 e. The molecule has 0 saturated carbocycles. The lowest BCUT2D eigenvalue weighted by molar-refractivity contribution is 0.473. The van der Waals surface area contributed by atoms with Crippen LogP contribution in [0.5, 0.6) is 5.75 Å². The molecule has 0 radical (unpaired) electrons. The molecule has 15 heavy (non-hydrogen) atoms. The van der Waals surface area contributed by atoms with Gasteiger partial charge in [0.1, 0.15) is 6.33 Å². The van der Waals surface area contributed by atoms with E-state index >= 15 is 0 Å². The minimum absolute atomic E-state index is 0.283. The summed E-state index contributed by atoms with van der Waals surface area (Å²) in [4.78, 5) is 19.0. The molecule has 0 atom stereocenters. The highest BCUT2D eigenvalue weighted by Gasteiger charge is 2.05. The summed E-state index contributed by atoms with van der Waals surface area (Å²) in [5, 5.41) is 9.64. The van der Waals surface area contributed by atoms with Crippen molar-refractivity contribution < 1.29 is 5.11 Å². The maximum atomic E-state index is 11.3. The zero-order chi connectivity index (χ0) is 10.7. The largest absolute Gasteiger partial charge is 0.504 e. The number of aromatic hydroxyl groups is 1. The highest BCUT2D eigenvalue weighted by atomic mass is 16.3. The van der Waals surface area contributed by atoms with E-state index in [2.05, 4.69) is 9.97 Å². The van der Waals surface area contributed by atoms with Gasteiger partial charge < -0.3 is 5.11 Å². The molecule has 0 saturated heterocycles. The first-order valence-corrected chi connectivity index (χ1v) is 4.37. The third-order valence-corrected chi connectivity index (χ3v) is 1.98. The molecule has 2 rings (SSSR count). The number of aromatic nitrogens is 2. The van der Waals surface area contributed by atoms with Crippen LogP contribution in [0.1, 0.15) is 0 Å². The Morgan fingerprint density at radius 3 is 2.47 bits per heavy atom. The highest BCUT2D eigenvalue weighted by molar-refractivity contribution is 5.67. The topological polar surface area (TPSA) is 63.1 Å². The molecule has 2 aromatic rings. The molecule has 0 aliphatic carbocycles.